The van der Waals surface area contributed by atoms with Crippen molar-refractivity contribution in [3.8, 4) is 0 Å². The molecule has 0 bridgehead atoms. The summed E-state index contributed by atoms with van der Waals surface area (Å²) >= 11 is 0. The van der Waals surface area contributed by atoms with Gasteiger partial charge >= 0.3 is 12.1 Å². The third-order valence-electron chi connectivity index (χ3n) is 1.99. The molecule has 0 aromatic rings. The second-order valence-corrected chi connectivity index (χ2v) is 5.20. The van der Waals surface area contributed by atoms with E-state index in [0.717, 1.165) is 0 Å². The lowest BCUT2D eigenvalue weighted by molar-refractivity contribution is -0.269. The van der Waals surface area contributed by atoms with E-state index in [2.05, 4.69) is 0 Å². The Morgan fingerprint density at radius 3 is 1.94 bits per heavy atom. The molecule has 18 heavy (non-hydrogen) atoms. The summed E-state index contributed by atoms with van der Waals surface area (Å²) in [5, 5.41) is 10.8. The summed E-state index contributed by atoms with van der Waals surface area (Å²) in [7, 11) is 0. The number of amides is 1. The van der Waals surface area contributed by atoms with Crippen molar-refractivity contribution in [1.82, 2.24) is 5.32 Å². The van der Waals surface area contributed by atoms with Gasteiger partial charge in [-0.25, -0.2) is 0 Å². The maximum Gasteiger partial charge on any atom is 0.463 e. The summed E-state index contributed by atoms with van der Waals surface area (Å²) in [6, 6.07) is 0. The maximum atomic E-state index is 12.5. The van der Waals surface area contributed by atoms with E-state index in [-0.39, 0.29) is 11.8 Å². The zero-order chi connectivity index (χ0) is 14.8. The average Bonchev–Trinajstić information content (AvgIpc) is 2.09. The van der Waals surface area contributed by atoms with E-state index in [1.165, 1.54) is 5.32 Å². The first-order valence-electron chi connectivity index (χ1n) is 5.18. The molecule has 0 radical (unpaired) electrons. The molecule has 0 aliphatic heterocycles. The second-order valence-electron chi connectivity index (χ2n) is 5.20. The molecule has 0 aliphatic rings. The van der Waals surface area contributed by atoms with Crippen LogP contribution in [0.25, 0.3) is 0 Å². The van der Waals surface area contributed by atoms with E-state index in [9.17, 15) is 31.9 Å². The van der Waals surface area contributed by atoms with Crippen LogP contribution in [0.4, 0.5) is 22.0 Å². The van der Waals surface area contributed by atoms with E-state index in [4.69, 9.17) is 0 Å². The predicted octanol–water partition coefficient (Wildman–Crippen LogP) is 2.10. The number of nitrogens with one attached hydrogen (secondary N) is 1. The SMILES string of the molecule is CC(C)(C)CC(O)CNC(=O)C(F)(F)C(F)(F)F. The molecule has 0 aliphatic carbocycles. The summed E-state index contributed by atoms with van der Waals surface area (Å²) in [4.78, 5) is 10.7. The maximum absolute atomic E-state index is 12.5. The first-order chi connectivity index (χ1) is 7.77. The van der Waals surface area contributed by atoms with Gasteiger partial charge in [-0.05, 0) is 11.8 Å². The van der Waals surface area contributed by atoms with Gasteiger partial charge < -0.3 is 10.4 Å². The largest absolute Gasteiger partial charge is 0.463 e. The highest BCUT2D eigenvalue weighted by Crippen LogP contribution is 2.35. The highest BCUT2D eigenvalue weighted by Gasteiger charge is 2.63. The summed E-state index contributed by atoms with van der Waals surface area (Å²) < 4.78 is 60.4. The molecule has 0 heterocycles. The molecule has 0 saturated carbocycles. The first kappa shape index (κ1) is 17.1. The molecule has 8 heteroatoms. The lowest BCUT2D eigenvalue weighted by atomic mass is 9.89. The minimum absolute atomic E-state index is 0.158. The van der Waals surface area contributed by atoms with Crippen molar-refractivity contribution in [2.75, 3.05) is 6.54 Å². The van der Waals surface area contributed by atoms with Crippen LogP contribution in [0.5, 0.6) is 0 Å². The number of aliphatic hydroxyl groups is 1. The predicted molar refractivity (Wildman–Crippen MR) is 54.1 cm³/mol. The minimum Gasteiger partial charge on any atom is -0.391 e. The van der Waals surface area contributed by atoms with Crippen molar-refractivity contribution in [3.05, 3.63) is 0 Å². The number of carbonyl (C=O) groups excluding carboxylic acids is 1. The molecule has 1 atom stereocenters. The highest BCUT2D eigenvalue weighted by molar-refractivity contribution is 5.84. The Labute approximate surface area is 101 Å². The van der Waals surface area contributed by atoms with Gasteiger partial charge in [-0.3, -0.25) is 4.79 Å². The van der Waals surface area contributed by atoms with E-state index in [1.807, 2.05) is 0 Å². The Balaban J connectivity index is 4.36. The van der Waals surface area contributed by atoms with Gasteiger partial charge in [0.2, 0.25) is 0 Å². The fourth-order valence-corrected chi connectivity index (χ4v) is 1.23. The number of hydrogen-bond acceptors (Lipinski definition) is 2. The number of aliphatic hydroxyl groups excluding tert-OH is 1. The van der Waals surface area contributed by atoms with Crippen molar-refractivity contribution >= 4 is 5.91 Å². The molecular weight excluding hydrogens is 261 g/mol. The van der Waals surface area contributed by atoms with E-state index >= 15 is 0 Å². The topological polar surface area (TPSA) is 49.3 Å². The Bertz CT molecular complexity index is 296. The number of hydrogen-bond donors (Lipinski definition) is 2. The van der Waals surface area contributed by atoms with Gasteiger partial charge in [0.25, 0.3) is 5.91 Å². The van der Waals surface area contributed by atoms with Crippen molar-refractivity contribution in [2.45, 2.75) is 45.4 Å². The standard InChI is InChI=1S/C10H16F5NO2/c1-8(2,3)4-6(17)5-16-7(18)9(11,12)10(13,14)15/h6,17H,4-5H2,1-3H3,(H,16,18). The van der Waals surface area contributed by atoms with Gasteiger partial charge in [-0.1, -0.05) is 20.8 Å². The molecule has 0 aromatic carbocycles. The Kier molecular flexibility index (Phi) is 5.10. The molecule has 108 valence electrons. The van der Waals surface area contributed by atoms with Gasteiger partial charge in [0.15, 0.2) is 0 Å². The van der Waals surface area contributed by atoms with Gasteiger partial charge in [0.1, 0.15) is 0 Å². The van der Waals surface area contributed by atoms with Crippen LogP contribution in [-0.4, -0.2) is 35.8 Å². The van der Waals surface area contributed by atoms with Crippen LogP contribution in [0.1, 0.15) is 27.2 Å². The van der Waals surface area contributed by atoms with E-state index in [0.29, 0.717) is 0 Å². The van der Waals surface area contributed by atoms with Crippen LogP contribution >= 0.6 is 0 Å². The zero-order valence-corrected chi connectivity index (χ0v) is 10.2. The molecule has 0 rings (SSSR count). The third-order valence-corrected chi connectivity index (χ3v) is 1.99. The van der Waals surface area contributed by atoms with Gasteiger partial charge in [-0.15, -0.1) is 0 Å². The van der Waals surface area contributed by atoms with Crippen LogP contribution in [-0.2, 0) is 4.79 Å². The fraction of sp³-hybridized carbons (Fsp3) is 0.900. The van der Waals surface area contributed by atoms with Crippen molar-refractivity contribution < 1.29 is 31.9 Å². The monoisotopic (exact) mass is 277 g/mol. The molecule has 0 spiro atoms. The zero-order valence-electron chi connectivity index (χ0n) is 10.2. The van der Waals surface area contributed by atoms with Crippen LogP contribution in [0.2, 0.25) is 0 Å². The Morgan fingerprint density at radius 2 is 1.61 bits per heavy atom. The molecule has 0 fully saturated rings. The van der Waals surface area contributed by atoms with E-state index in [1.54, 1.807) is 20.8 Å². The van der Waals surface area contributed by atoms with Crippen LogP contribution in [0, 0.1) is 5.41 Å². The second kappa shape index (κ2) is 5.38. The molecule has 1 amide bonds. The van der Waals surface area contributed by atoms with Gasteiger partial charge in [-0.2, -0.15) is 22.0 Å². The Hall–Kier alpha value is -0.920. The summed E-state index contributed by atoms with van der Waals surface area (Å²) in [5.74, 6) is -7.91. The number of alkyl halides is 5. The van der Waals surface area contributed by atoms with Crippen molar-refractivity contribution in [1.29, 1.82) is 0 Å². The quantitative estimate of drug-likeness (QED) is 0.773. The summed E-state index contributed by atoms with van der Waals surface area (Å²) in [6.45, 7) is 4.61. The van der Waals surface area contributed by atoms with Crippen LogP contribution in [0.15, 0.2) is 0 Å². The van der Waals surface area contributed by atoms with Crippen LogP contribution in [0.3, 0.4) is 0 Å². The molecule has 0 aromatic heterocycles. The van der Waals surface area contributed by atoms with Crippen molar-refractivity contribution in [2.24, 2.45) is 5.41 Å². The molecule has 1 unspecified atom stereocenters. The molecular formula is C10H16F5NO2. The summed E-state index contributed by atoms with van der Waals surface area (Å²) in [5.41, 5.74) is -0.337. The molecule has 3 nitrogen and oxygen atoms in total. The smallest absolute Gasteiger partial charge is 0.391 e. The Morgan fingerprint density at radius 1 is 1.17 bits per heavy atom. The molecule has 0 saturated heterocycles. The fourth-order valence-electron chi connectivity index (χ4n) is 1.23. The minimum atomic E-state index is -5.94. The number of rotatable bonds is 4. The molecule has 2 N–H and O–H groups in total. The van der Waals surface area contributed by atoms with Crippen LogP contribution < -0.4 is 5.32 Å². The summed E-state index contributed by atoms with van der Waals surface area (Å²) in [6.07, 6.45) is -6.96. The van der Waals surface area contributed by atoms with Crippen molar-refractivity contribution in [3.63, 3.8) is 0 Å². The first-order valence-corrected chi connectivity index (χ1v) is 5.18. The van der Waals surface area contributed by atoms with E-state index < -0.39 is 30.7 Å². The lowest BCUT2D eigenvalue weighted by Crippen LogP contribution is -2.51. The highest BCUT2D eigenvalue weighted by atomic mass is 19.4. The number of halogens is 5. The number of carbonyl (C=O) groups is 1. The normalized spacial score (nSPS) is 15.4. The third kappa shape index (κ3) is 5.16. The lowest BCUT2D eigenvalue weighted by Gasteiger charge is -2.24. The van der Waals surface area contributed by atoms with Gasteiger partial charge in [0.05, 0.1) is 6.10 Å². The van der Waals surface area contributed by atoms with Gasteiger partial charge in [0, 0.05) is 6.54 Å². The average molecular weight is 277 g/mol.